The molecule has 1 aromatic carbocycles. The van der Waals surface area contributed by atoms with Gasteiger partial charge in [-0.1, -0.05) is 23.7 Å². The number of anilines is 2. The quantitative estimate of drug-likeness (QED) is 0.821. The van der Waals surface area contributed by atoms with E-state index in [2.05, 4.69) is 10.3 Å². The summed E-state index contributed by atoms with van der Waals surface area (Å²) in [7, 11) is 0. The summed E-state index contributed by atoms with van der Waals surface area (Å²) in [6.45, 7) is 0. The molecule has 0 spiro atoms. The van der Waals surface area contributed by atoms with E-state index < -0.39 is 11.7 Å². The Labute approximate surface area is 108 Å². The normalized spacial score (nSPS) is 10.1. The Hall–Kier alpha value is -2.14. The van der Waals surface area contributed by atoms with E-state index in [4.69, 9.17) is 17.3 Å². The van der Waals surface area contributed by atoms with Crippen LogP contribution in [0.15, 0.2) is 36.5 Å². The Morgan fingerprint density at radius 2 is 2.11 bits per heavy atom. The number of hydrogen-bond acceptors (Lipinski definition) is 3. The maximum Gasteiger partial charge on any atom is 0.258 e. The number of carbonyl (C=O) groups is 1. The number of aromatic nitrogens is 1. The van der Waals surface area contributed by atoms with Gasteiger partial charge in [-0.3, -0.25) is 4.79 Å². The molecule has 0 unspecified atom stereocenters. The number of benzene rings is 1. The Balaban J connectivity index is 2.28. The predicted octanol–water partition coefficient (Wildman–Crippen LogP) is 2.71. The summed E-state index contributed by atoms with van der Waals surface area (Å²) >= 11 is 5.67. The molecule has 0 aliphatic carbocycles. The number of carbonyl (C=O) groups excluding carboxylic acids is 1. The molecule has 0 bridgehead atoms. The largest absolute Gasteiger partial charge is 0.397 e. The van der Waals surface area contributed by atoms with Crippen molar-refractivity contribution in [2.24, 2.45) is 0 Å². The second-order valence-electron chi connectivity index (χ2n) is 3.53. The molecule has 4 nitrogen and oxygen atoms in total. The lowest BCUT2D eigenvalue weighted by atomic mass is 10.2. The van der Waals surface area contributed by atoms with Crippen LogP contribution < -0.4 is 11.1 Å². The van der Waals surface area contributed by atoms with Crippen molar-refractivity contribution in [2.45, 2.75) is 0 Å². The molecule has 2 aromatic rings. The van der Waals surface area contributed by atoms with Crippen LogP contribution in [0.4, 0.5) is 15.8 Å². The Bertz CT molecular complexity index is 604. The van der Waals surface area contributed by atoms with Gasteiger partial charge >= 0.3 is 0 Å². The lowest BCUT2D eigenvalue weighted by molar-refractivity contribution is 0.102. The lowest BCUT2D eigenvalue weighted by Crippen LogP contribution is -2.15. The van der Waals surface area contributed by atoms with Crippen LogP contribution in [-0.4, -0.2) is 10.9 Å². The number of nitrogens with zero attached hydrogens (tertiary/aromatic N) is 1. The highest BCUT2D eigenvalue weighted by Crippen LogP contribution is 2.18. The molecule has 0 saturated heterocycles. The highest BCUT2D eigenvalue weighted by molar-refractivity contribution is 6.30. The zero-order valence-electron chi connectivity index (χ0n) is 9.15. The third-order valence-electron chi connectivity index (χ3n) is 2.27. The van der Waals surface area contributed by atoms with Crippen LogP contribution in [0.2, 0.25) is 5.15 Å². The fourth-order valence-corrected chi connectivity index (χ4v) is 1.55. The van der Waals surface area contributed by atoms with E-state index in [1.54, 1.807) is 6.07 Å². The van der Waals surface area contributed by atoms with Crippen molar-refractivity contribution < 1.29 is 9.18 Å². The number of amides is 1. The minimum atomic E-state index is -0.540. The average molecular weight is 266 g/mol. The van der Waals surface area contributed by atoms with Gasteiger partial charge in [0.05, 0.1) is 23.1 Å². The fourth-order valence-electron chi connectivity index (χ4n) is 1.39. The predicted molar refractivity (Wildman–Crippen MR) is 68.0 cm³/mol. The van der Waals surface area contributed by atoms with E-state index in [-0.39, 0.29) is 22.1 Å². The summed E-state index contributed by atoms with van der Waals surface area (Å²) in [6, 6.07) is 7.17. The molecule has 18 heavy (non-hydrogen) atoms. The van der Waals surface area contributed by atoms with Crippen molar-refractivity contribution in [1.82, 2.24) is 4.98 Å². The zero-order valence-corrected chi connectivity index (χ0v) is 9.91. The number of halogens is 2. The van der Waals surface area contributed by atoms with Gasteiger partial charge < -0.3 is 11.1 Å². The molecule has 2 rings (SSSR count). The van der Waals surface area contributed by atoms with Crippen LogP contribution in [0.5, 0.6) is 0 Å². The van der Waals surface area contributed by atoms with E-state index >= 15 is 0 Å². The first-order valence-corrected chi connectivity index (χ1v) is 5.42. The van der Waals surface area contributed by atoms with Crippen LogP contribution in [0, 0.1) is 5.82 Å². The molecule has 92 valence electrons. The molecule has 0 atom stereocenters. The van der Waals surface area contributed by atoms with Crippen LogP contribution in [0.25, 0.3) is 0 Å². The Morgan fingerprint density at radius 3 is 2.83 bits per heavy atom. The van der Waals surface area contributed by atoms with E-state index in [0.29, 0.717) is 0 Å². The molecule has 0 saturated carbocycles. The van der Waals surface area contributed by atoms with Gasteiger partial charge in [0.15, 0.2) is 0 Å². The first kappa shape index (κ1) is 12.3. The molecule has 0 aliphatic rings. The number of hydrogen-bond donors (Lipinski definition) is 2. The van der Waals surface area contributed by atoms with Crippen molar-refractivity contribution in [3.05, 3.63) is 53.1 Å². The topological polar surface area (TPSA) is 68.0 Å². The Kier molecular flexibility index (Phi) is 3.43. The molecule has 0 fully saturated rings. The smallest absolute Gasteiger partial charge is 0.258 e. The summed E-state index contributed by atoms with van der Waals surface area (Å²) in [5, 5.41) is 2.56. The van der Waals surface area contributed by atoms with Gasteiger partial charge in [0.2, 0.25) is 0 Å². The van der Waals surface area contributed by atoms with Crippen LogP contribution in [0.1, 0.15) is 10.4 Å². The minimum absolute atomic E-state index is 0.0786. The third-order valence-corrected chi connectivity index (χ3v) is 2.47. The van der Waals surface area contributed by atoms with Gasteiger partial charge in [-0.05, 0) is 18.2 Å². The molecule has 1 aromatic heterocycles. The van der Waals surface area contributed by atoms with Crippen molar-refractivity contribution in [3.63, 3.8) is 0 Å². The number of pyridine rings is 1. The van der Waals surface area contributed by atoms with E-state index in [1.807, 2.05) is 0 Å². The number of rotatable bonds is 2. The second-order valence-corrected chi connectivity index (χ2v) is 3.92. The number of para-hydroxylation sites is 1. The van der Waals surface area contributed by atoms with Crippen molar-refractivity contribution in [3.8, 4) is 0 Å². The van der Waals surface area contributed by atoms with E-state index in [9.17, 15) is 9.18 Å². The zero-order chi connectivity index (χ0) is 13.1. The molecule has 0 radical (unpaired) electrons. The van der Waals surface area contributed by atoms with Crippen molar-refractivity contribution >= 4 is 28.9 Å². The highest BCUT2D eigenvalue weighted by Gasteiger charge is 2.12. The lowest BCUT2D eigenvalue weighted by Gasteiger charge is -2.08. The molecule has 3 N–H and O–H groups in total. The summed E-state index contributed by atoms with van der Waals surface area (Å²) in [6.07, 6.45) is 1.28. The number of nitrogens with one attached hydrogen (secondary N) is 1. The molecule has 1 amide bonds. The highest BCUT2D eigenvalue weighted by atomic mass is 35.5. The SMILES string of the molecule is Nc1cnc(Cl)cc1C(=O)Nc1ccccc1F. The van der Waals surface area contributed by atoms with Crippen LogP contribution >= 0.6 is 11.6 Å². The summed E-state index contributed by atoms with van der Waals surface area (Å²) in [5.74, 6) is -1.06. The fraction of sp³-hybridized carbons (Fsp3) is 0. The molecule has 6 heteroatoms. The van der Waals surface area contributed by atoms with Crippen molar-refractivity contribution in [1.29, 1.82) is 0 Å². The van der Waals surface area contributed by atoms with Crippen molar-refractivity contribution in [2.75, 3.05) is 11.1 Å². The van der Waals surface area contributed by atoms with E-state index in [1.165, 1.54) is 30.5 Å². The second kappa shape index (κ2) is 5.01. The summed E-state index contributed by atoms with van der Waals surface area (Å²) < 4.78 is 13.4. The summed E-state index contributed by atoms with van der Waals surface area (Å²) in [4.78, 5) is 15.6. The van der Waals surface area contributed by atoms with Gasteiger partial charge in [0.25, 0.3) is 5.91 Å². The van der Waals surface area contributed by atoms with Crippen LogP contribution in [0.3, 0.4) is 0 Å². The molecular weight excluding hydrogens is 257 g/mol. The molecular formula is C12H9ClFN3O. The first-order valence-electron chi connectivity index (χ1n) is 5.05. The van der Waals surface area contributed by atoms with Crippen LogP contribution in [-0.2, 0) is 0 Å². The third kappa shape index (κ3) is 2.57. The van der Waals surface area contributed by atoms with Gasteiger partial charge in [-0.2, -0.15) is 0 Å². The Morgan fingerprint density at radius 1 is 1.39 bits per heavy atom. The number of nitrogens with two attached hydrogens (primary N) is 1. The molecule has 0 aliphatic heterocycles. The number of nitrogen functional groups attached to an aromatic ring is 1. The monoisotopic (exact) mass is 265 g/mol. The minimum Gasteiger partial charge on any atom is -0.397 e. The average Bonchev–Trinajstić information content (AvgIpc) is 2.35. The van der Waals surface area contributed by atoms with Gasteiger partial charge in [-0.25, -0.2) is 9.37 Å². The van der Waals surface area contributed by atoms with Gasteiger partial charge in [-0.15, -0.1) is 0 Å². The maximum atomic E-state index is 13.4. The van der Waals surface area contributed by atoms with Gasteiger partial charge in [0.1, 0.15) is 11.0 Å². The van der Waals surface area contributed by atoms with E-state index in [0.717, 1.165) is 0 Å². The standard InChI is InChI=1S/C12H9ClFN3O/c13-11-5-7(9(15)6-16-11)12(18)17-10-4-2-1-3-8(10)14/h1-6H,15H2,(H,17,18). The summed E-state index contributed by atoms with van der Waals surface area (Å²) in [5.41, 5.74) is 6.01. The van der Waals surface area contributed by atoms with Gasteiger partial charge in [0, 0.05) is 0 Å². The maximum absolute atomic E-state index is 13.4. The molecule has 1 heterocycles. The first-order chi connectivity index (χ1) is 8.58.